The van der Waals surface area contributed by atoms with Crippen molar-refractivity contribution in [2.75, 3.05) is 39.6 Å². The van der Waals surface area contributed by atoms with Crippen molar-refractivity contribution in [3.8, 4) is 0 Å². The quantitative estimate of drug-likeness (QED) is 0.0222. The molecule has 0 saturated heterocycles. The average molecular weight is 1470 g/mol. The maximum absolute atomic E-state index is 13.1. The monoisotopic (exact) mass is 1470 g/mol. The normalized spacial score (nSPS) is 14.5. The highest BCUT2D eigenvalue weighted by atomic mass is 31.2. The van der Waals surface area contributed by atoms with Crippen LogP contribution in [0, 0.1) is 17.8 Å². The van der Waals surface area contributed by atoms with Crippen molar-refractivity contribution < 1.29 is 80.2 Å². The van der Waals surface area contributed by atoms with Crippen molar-refractivity contribution in [2.45, 2.75) is 439 Å². The highest BCUT2D eigenvalue weighted by Crippen LogP contribution is 2.45. The van der Waals surface area contributed by atoms with E-state index in [0.29, 0.717) is 31.6 Å². The van der Waals surface area contributed by atoms with Crippen LogP contribution in [0.4, 0.5) is 0 Å². The van der Waals surface area contributed by atoms with E-state index < -0.39 is 97.5 Å². The molecule has 594 valence electrons. The van der Waals surface area contributed by atoms with E-state index in [1.807, 2.05) is 0 Å². The zero-order valence-electron chi connectivity index (χ0n) is 65.7. The third-order valence-corrected chi connectivity index (χ3v) is 21.5. The van der Waals surface area contributed by atoms with Gasteiger partial charge in [-0.05, 0) is 43.4 Å². The lowest BCUT2D eigenvalue weighted by molar-refractivity contribution is -0.161. The summed E-state index contributed by atoms with van der Waals surface area (Å²) in [6.45, 7) is 12.0. The first-order valence-electron chi connectivity index (χ1n) is 41.9. The first-order chi connectivity index (χ1) is 48.3. The van der Waals surface area contributed by atoms with Crippen LogP contribution in [0.3, 0.4) is 0 Å². The number of unbranched alkanes of at least 4 members (excludes halogenated alkanes) is 45. The van der Waals surface area contributed by atoms with Crippen molar-refractivity contribution in [2.24, 2.45) is 17.8 Å². The molecule has 3 N–H and O–H groups in total. The van der Waals surface area contributed by atoms with Gasteiger partial charge in [0.25, 0.3) is 0 Å². The van der Waals surface area contributed by atoms with Gasteiger partial charge in [0, 0.05) is 25.7 Å². The van der Waals surface area contributed by atoms with Crippen LogP contribution < -0.4 is 0 Å². The molecule has 4 unspecified atom stereocenters. The van der Waals surface area contributed by atoms with Crippen LogP contribution in [-0.2, 0) is 65.4 Å². The van der Waals surface area contributed by atoms with E-state index in [2.05, 4.69) is 48.5 Å². The number of ether oxygens (including phenoxy) is 4. The number of esters is 4. The van der Waals surface area contributed by atoms with Gasteiger partial charge in [-0.3, -0.25) is 37.3 Å². The Morgan fingerprint density at radius 1 is 0.290 bits per heavy atom. The molecule has 17 nitrogen and oxygen atoms in total. The molecule has 0 spiro atoms. The maximum atomic E-state index is 13.1. The Balaban J connectivity index is 5.19. The predicted molar refractivity (Wildman–Crippen MR) is 409 cm³/mol. The molecular formula is C81H158O17P2. The van der Waals surface area contributed by atoms with Gasteiger partial charge in [-0.2, -0.15) is 0 Å². The van der Waals surface area contributed by atoms with Gasteiger partial charge in [-0.1, -0.05) is 370 Å². The summed E-state index contributed by atoms with van der Waals surface area (Å²) in [5.74, 6) is 0.287. The second kappa shape index (κ2) is 71.3. The van der Waals surface area contributed by atoms with Gasteiger partial charge in [-0.25, -0.2) is 9.13 Å². The van der Waals surface area contributed by atoms with E-state index in [4.69, 9.17) is 37.0 Å². The van der Waals surface area contributed by atoms with Gasteiger partial charge in [0.2, 0.25) is 0 Å². The number of carbonyl (C=O) groups excluding carboxylic acids is 4. The summed E-state index contributed by atoms with van der Waals surface area (Å²) in [6, 6.07) is 0. The first kappa shape index (κ1) is 98.1. The molecule has 0 aromatic carbocycles. The van der Waals surface area contributed by atoms with E-state index in [0.717, 1.165) is 108 Å². The fraction of sp³-hybridized carbons (Fsp3) is 0.951. The molecule has 0 rings (SSSR count). The molecule has 0 aliphatic carbocycles. The Morgan fingerprint density at radius 2 is 0.510 bits per heavy atom. The van der Waals surface area contributed by atoms with Crippen LogP contribution in [0.15, 0.2) is 0 Å². The molecule has 0 radical (unpaired) electrons. The van der Waals surface area contributed by atoms with Crippen LogP contribution in [0.5, 0.6) is 0 Å². The second-order valence-corrected chi connectivity index (χ2v) is 33.0. The smallest absolute Gasteiger partial charge is 0.462 e. The largest absolute Gasteiger partial charge is 0.472 e. The summed E-state index contributed by atoms with van der Waals surface area (Å²) in [5.41, 5.74) is 0. The minimum absolute atomic E-state index is 0.106. The predicted octanol–water partition coefficient (Wildman–Crippen LogP) is 24.1. The number of rotatable bonds is 79. The lowest BCUT2D eigenvalue weighted by atomic mass is 9.99. The Bertz CT molecular complexity index is 1940. The van der Waals surface area contributed by atoms with Crippen molar-refractivity contribution >= 4 is 39.5 Å². The molecule has 0 saturated carbocycles. The molecule has 100 heavy (non-hydrogen) atoms. The summed E-state index contributed by atoms with van der Waals surface area (Å²) in [5, 5.41) is 10.6. The first-order valence-corrected chi connectivity index (χ1v) is 44.9. The third kappa shape index (κ3) is 71.7. The van der Waals surface area contributed by atoms with Gasteiger partial charge >= 0.3 is 39.5 Å². The molecule has 0 aromatic rings. The number of phosphoric ester groups is 2. The Kier molecular flexibility index (Phi) is 69.9. The van der Waals surface area contributed by atoms with Crippen LogP contribution in [0.25, 0.3) is 0 Å². The zero-order valence-corrected chi connectivity index (χ0v) is 67.5. The van der Waals surface area contributed by atoms with Crippen LogP contribution in [0.2, 0.25) is 0 Å². The van der Waals surface area contributed by atoms with Crippen molar-refractivity contribution in [1.29, 1.82) is 0 Å². The van der Waals surface area contributed by atoms with E-state index in [9.17, 15) is 43.2 Å². The number of aliphatic hydroxyl groups excluding tert-OH is 1. The molecule has 0 aliphatic rings. The van der Waals surface area contributed by atoms with E-state index in [1.165, 1.54) is 225 Å². The van der Waals surface area contributed by atoms with E-state index in [-0.39, 0.29) is 25.7 Å². The summed E-state index contributed by atoms with van der Waals surface area (Å²) in [7, 11) is -9.92. The van der Waals surface area contributed by atoms with Crippen molar-refractivity contribution in [3.63, 3.8) is 0 Å². The van der Waals surface area contributed by atoms with Crippen molar-refractivity contribution in [1.82, 2.24) is 0 Å². The number of hydrogen-bond acceptors (Lipinski definition) is 15. The van der Waals surface area contributed by atoms with Crippen LogP contribution in [0.1, 0.15) is 421 Å². The molecule has 0 amide bonds. The lowest BCUT2D eigenvalue weighted by Gasteiger charge is -2.21. The summed E-state index contributed by atoms with van der Waals surface area (Å²) in [6.07, 6.45) is 59.8. The molecule has 7 atom stereocenters. The fourth-order valence-electron chi connectivity index (χ4n) is 12.4. The minimum Gasteiger partial charge on any atom is -0.462 e. The lowest BCUT2D eigenvalue weighted by Crippen LogP contribution is -2.30. The molecule has 0 fully saturated rings. The van der Waals surface area contributed by atoms with Gasteiger partial charge in [0.1, 0.15) is 19.3 Å². The van der Waals surface area contributed by atoms with Gasteiger partial charge < -0.3 is 33.8 Å². The highest BCUT2D eigenvalue weighted by molar-refractivity contribution is 7.47. The molecule has 19 heteroatoms. The number of aliphatic hydroxyl groups is 1. The van der Waals surface area contributed by atoms with Gasteiger partial charge in [0.15, 0.2) is 12.2 Å². The van der Waals surface area contributed by atoms with E-state index in [1.54, 1.807) is 0 Å². The molecular weight excluding hydrogens is 1310 g/mol. The zero-order chi connectivity index (χ0) is 73.7. The number of carbonyl (C=O) groups is 4. The second-order valence-electron chi connectivity index (χ2n) is 30.1. The Labute approximate surface area is 613 Å². The molecule has 0 aliphatic heterocycles. The standard InChI is InChI=1S/C81H158O17P2/c1-8-11-12-13-14-15-28-36-41-50-57-64-80(85)98-77(69-92-79(84)63-56-49-44-43-45-52-59-72(4)5)71-96-100(89,90)94-67-75(82)66-93-99(87,88)95-70-76(68-91-78(83)62-55-48-40-35-31-26-23-22-25-30-34-39-47-54-61-74(7)10-3)97-81(86)65-58-51-42-37-32-27-21-19-17-16-18-20-24-29-33-38-46-53-60-73(6)9-2/h72-77,82H,8-71H2,1-7H3,(H,87,88)(H,89,90)/t73?,74?,75-,76-,77-/m1/s1. The van der Waals surface area contributed by atoms with Crippen molar-refractivity contribution in [3.05, 3.63) is 0 Å². The van der Waals surface area contributed by atoms with Gasteiger partial charge in [-0.15, -0.1) is 0 Å². The maximum Gasteiger partial charge on any atom is 0.472 e. The number of phosphoric acid groups is 2. The third-order valence-electron chi connectivity index (χ3n) is 19.6. The Morgan fingerprint density at radius 3 is 0.760 bits per heavy atom. The van der Waals surface area contributed by atoms with E-state index >= 15 is 0 Å². The van der Waals surface area contributed by atoms with Gasteiger partial charge in [0.05, 0.1) is 26.4 Å². The van der Waals surface area contributed by atoms with Crippen LogP contribution >= 0.6 is 15.6 Å². The summed E-state index contributed by atoms with van der Waals surface area (Å²) < 4.78 is 68.6. The summed E-state index contributed by atoms with van der Waals surface area (Å²) in [4.78, 5) is 72.9. The minimum atomic E-state index is -4.96. The topological polar surface area (TPSA) is 237 Å². The molecule has 0 aromatic heterocycles. The number of hydrogen-bond donors (Lipinski definition) is 3. The Hall–Kier alpha value is -1.94. The van der Waals surface area contributed by atoms with Crippen LogP contribution in [-0.4, -0.2) is 96.7 Å². The average Bonchev–Trinajstić information content (AvgIpc) is 1.22. The highest BCUT2D eigenvalue weighted by Gasteiger charge is 2.30. The summed E-state index contributed by atoms with van der Waals surface area (Å²) >= 11 is 0. The SMILES string of the molecule is CCCCCCCCCCCCCC(=O)O[C@H](COC(=O)CCCCCCCCC(C)C)COP(=O)(O)OC[C@H](O)COP(=O)(O)OC[C@@H](COC(=O)CCCCCCCCCCCCCCCCC(C)CC)OC(=O)CCCCCCCCCCCCCCCCCCCCC(C)CC. The molecule has 0 heterocycles. The molecule has 0 bridgehead atoms. The fourth-order valence-corrected chi connectivity index (χ4v) is 14.0.